The zero-order valence-corrected chi connectivity index (χ0v) is 8.59. The van der Waals surface area contributed by atoms with Gasteiger partial charge < -0.3 is 10.6 Å². The number of hydrogen-bond donors (Lipinski definition) is 2. The zero-order chi connectivity index (χ0) is 11.5. The van der Waals surface area contributed by atoms with Gasteiger partial charge in [-0.3, -0.25) is 4.79 Å². The molecular formula is C11H12F2N2O. The summed E-state index contributed by atoms with van der Waals surface area (Å²) < 4.78 is 26.1. The molecule has 0 spiro atoms. The number of amides is 1. The first-order chi connectivity index (χ1) is 7.66. The van der Waals surface area contributed by atoms with Crippen LogP contribution in [0.15, 0.2) is 18.2 Å². The molecule has 0 unspecified atom stereocenters. The molecule has 2 rings (SSSR count). The first kappa shape index (κ1) is 11.0. The molecule has 0 aliphatic carbocycles. The third kappa shape index (κ3) is 2.36. The number of halogens is 2. The average molecular weight is 226 g/mol. The topological polar surface area (TPSA) is 41.1 Å². The SMILES string of the molecule is O=C(N[C@@H]1CCNC1)c1cc(F)ccc1F. The summed E-state index contributed by atoms with van der Waals surface area (Å²) >= 11 is 0. The van der Waals surface area contributed by atoms with E-state index in [1.807, 2.05) is 0 Å². The molecule has 0 saturated carbocycles. The molecule has 1 atom stereocenters. The highest BCUT2D eigenvalue weighted by Crippen LogP contribution is 2.10. The van der Waals surface area contributed by atoms with Gasteiger partial charge in [0.05, 0.1) is 5.56 Å². The Kier molecular flexibility index (Phi) is 3.14. The molecule has 1 heterocycles. The van der Waals surface area contributed by atoms with Gasteiger partial charge in [-0.15, -0.1) is 0 Å². The van der Waals surface area contributed by atoms with E-state index in [2.05, 4.69) is 10.6 Å². The van der Waals surface area contributed by atoms with Crippen LogP contribution in [0.1, 0.15) is 16.8 Å². The van der Waals surface area contributed by atoms with E-state index in [1.165, 1.54) is 0 Å². The van der Waals surface area contributed by atoms with Gasteiger partial charge in [0.2, 0.25) is 0 Å². The smallest absolute Gasteiger partial charge is 0.254 e. The van der Waals surface area contributed by atoms with Crippen LogP contribution in [0.3, 0.4) is 0 Å². The van der Waals surface area contributed by atoms with E-state index in [0.717, 1.165) is 31.2 Å². The molecule has 1 saturated heterocycles. The van der Waals surface area contributed by atoms with E-state index in [1.54, 1.807) is 0 Å². The minimum absolute atomic E-state index is 0.00447. The number of nitrogens with one attached hydrogen (secondary N) is 2. The minimum Gasteiger partial charge on any atom is -0.348 e. The second-order valence-corrected chi connectivity index (χ2v) is 3.79. The van der Waals surface area contributed by atoms with Gasteiger partial charge in [-0.2, -0.15) is 0 Å². The van der Waals surface area contributed by atoms with Gasteiger partial charge in [0.15, 0.2) is 0 Å². The summed E-state index contributed by atoms with van der Waals surface area (Å²) in [6.07, 6.45) is 0.808. The molecule has 1 aromatic carbocycles. The number of benzene rings is 1. The highest BCUT2D eigenvalue weighted by Gasteiger charge is 2.19. The van der Waals surface area contributed by atoms with Gasteiger partial charge in [-0.05, 0) is 31.2 Å². The lowest BCUT2D eigenvalue weighted by Gasteiger charge is -2.11. The van der Waals surface area contributed by atoms with Crippen LogP contribution in [0.5, 0.6) is 0 Å². The van der Waals surface area contributed by atoms with Crippen molar-refractivity contribution < 1.29 is 13.6 Å². The standard InChI is InChI=1S/C11H12F2N2O/c12-7-1-2-10(13)9(5-7)11(16)15-8-3-4-14-6-8/h1-2,5,8,14H,3-4,6H2,(H,15,16)/t8-/m1/s1. The van der Waals surface area contributed by atoms with Crippen molar-refractivity contribution in [2.24, 2.45) is 0 Å². The first-order valence-corrected chi connectivity index (χ1v) is 5.13. The van der Waals surface area contributed by atoms with Gasteiger partial charge in [0.25, 0.3) is 5.91 Å². The van der Waals surface area contributed by atoms with Gasteiger partial charge in [0.1, 0.15) is 11.6 Å². The van der Waals surface area contributed by atoms with Crippen LogP contribution in [0.25, 0.3) is 0 Å². The maximum absolute atomic E-state index is 13.3. The first-order valence-electron chi connectivity index (χ1n) is 5.13. The molecule has 1 aliphatic heterocycles. The molecule has 16 heavy (non-hydrogen) atoms. The Morgan fingerprint density at radius 1 is 1.44 bits per heavy atom. The normalized spacial score (nSPS) is 19.8. The Bertz CT molecular complexity index is 403. The summed E-state index contributed by atoms with van der Waals surface area (Å²) in [5.74, 6) is -1.88. The predicted octanol–water partition coefficient (Wildman–Crippen LogP) is 1.06. The van der Waals surface area contributed by atoms with Crippen LogP contribution < -0.4 is 10.6 Å². The molecule has 1 aliphatic rings. The van der Waals surface area contributed by atoms with E-state index in [-0.39, 0.29) is 11.6 Å². The van der Waals surface area contributed by atoms with Gasteiger partial charge in [0, 0.05) is 12.6 Å². The molecule has 0 bridgehead atoms. The largest absolute Gasteiger partial charge is 0.348 e. The van der Waals surface area contributed by atoms with Crippen LogP contribution in [0.4, 0.5) is 8.78 Å². The third-order valence-electron chi connectivity index (χ3n) is 2.57. The molecule has 0 aromatic heterocycles. The van der Waals surface area contributed by atoms with Crippen molar-refractivity contribution in [2.75, 3.05) is 13.1 Å². The zero-order valence-electron chi connectivity index (χ0n) is 8.59. The highest BCUT2D eigenvalue weighted by molar-refractivity contribution is 5.94. The summed E-state index contributed by atoms with van der Waals surface area (Å²) in [4.78, 5) is 11.6. The van der Waals surface area contributed by atoms with E-state index >= 15 is 0 Å². The van der Waals surface area contributed by atoms with Crippen molar-refractivity contribution in [2.45, 2.75) is 12.5 Å². The van der Waals surface area contributed by atoms with E-state index in [9.17, 15) is 13.6 Å². The maximum Gasteiger partial charge on any atom is 0.254 e. The molecule has 1 fully saturated rings. The van der Waals surface area contributed by atoms with Gasteiger partial charge in [-0.25, -0.2) is 8.78 Å². The van der Waals surface area contributed by atoms with Crippen molar-refractivity contribution >= 4 is 5.91 Å². The van der Waals surface area contributed by atoms with Crippen LogP contribution in [0, 0.1) is 11.6 Å². The van der Waals surface area contributed by atoms with E-state index < -0.39 is 17.5 Å². The Labute approximate surface area is 91.8 Å². The Hall–Kier alpha value is -1.49. The number of carbonyl (C=O) groups is 1. The van der Waals surface area contributed by atoms with Crippen molar-refractivity contribution in [3.8, 4) is 0 Å². The average Bonchev–Trinajstić information content (AvgIpc) is 2.74. The van der Waals surface area contributed by atoms with Crippen LogP contribution in [-0.2, 0) is 0 Å². The molecule has 86 valence electrons. The summed E-state index contributed by atoms with van der Waals surface area (Å²) in [5.41, 5.74) is -0.244. The quantitative estimate of drug-likeness (QED) is 0.791. The van der Waals surface area contributed by atoms with Crippen LogP contribution in [-0.4, -0.2) is 25.0 Å². The molecule has 1 aromatic rings. The van der Waals surface area contributed by atoms with Gasteiger partial charge >= 0.3 is 0 Å². The summed E-state index contributed by atoms with van der Waals surface area (Å²) in [7, 11) is 0. The Morgan fingerprint density at radius 2 is 2.25 bits per heavy atom. The summed E-state index contributed by atoms with van der Waals surface area (Å²) in [6, 6.07) is 2.85. The molecule has 0 radical (unpaired) electrons. The van der Waals surface area contributed by atoms with Crippen molar-refractivity contribution in [3.05, 3.63) is 35.4 Å². The minimum atomic E-state index is -0.704. The molecular weight excluding hydrogens is 214 g/mol. The van der Waals surface area contributed by atoms with E-state index in [4.69, 9.17) is 0 Å². The lowest BCUT2D eigenvalue weighted by Crippen LogP contribution is -2.36. The fourth-order valence-electron chi connectivity index (χ4n) is 1.71. The fourth-order valence-corrected chi connectivity index (χ4v) is 1.71. The van der Waals surface area contributed by atoms with Crippen molar-refractivity contribution in [3.63, 3.8) is 0 Å². The fraction of sp³-hybridized carbons (Fsp3) is 0.364. The summed E-state index contributed by atoms with van der Waals surface area (Å²) in [5, 5.41) is 5.73. The third-order valence-corrected chi connectivity index (χ3v) is 2.57. The lowest BCUT2D eigenvalue weighted by molar-refractivity contribution is 0.0935. The maximum atomic E-state index is 13.3. The van der Waals surface area contributed by atoms with Crippen LogP contribution >= 0.6 is 0 Å². The van der Waals surface area contributed by atoms with E-state index in [0.29, 0.717) is 6.54 Å². The Morgan fingerprint density at radius 3 is 2.94 bits per heavy atom. The number of hydrogen-bond acceptors (Lipinski definition) is 2. The molecule has 3 nitrogen and oxygen atoms in total. The number of rotatable bonds is 2. The molecule has 2 N–H and O–H groups in total. The lowest BCUT2D eigenvalue weighted by atomic mass is 10.1. The second-order valence-electron chi connectivity index (χ2n) is 3.79. The predicted molar refractivity (Wildman–Crippen MR) is 55.1 cm³/mol. The van der Waals surface area contributed by atoms with Crippen LogP contribution in [0.2, 0.25) is 0 Å². The molecule has 1 amide bonds. The molecule has 5 heteroatoms. The number of carbonyl (C=O) groups excluding carboxylic acids is 1. The Balaban J connectivity index is 2.10. The van der Waals surface area contributed by atoms with Crippen molar-refractivity contribution in [1.29, 1.82) is 0 Å². The highest BCUT2D eigenvalue weighted by atomic mass is 19.1. The van der Waals surface area contributed by atoms with Crippen molar-refractivity contribution in [1.82, 2.24) is 10.6 Å². The monoisotopic (exact) mass is 226 g/mol. The van der Waals surface area contributed by atoms with Gasteiger partial charge in [-0.1, -0.05) is 0 Å². The summed E-state index contributed by atoms with van der Waals surface area (Å²) in [6.45, 7) is 1.50. The second kappa shape index (κ2) is 4.57.